The molecule has 1 aliphatic rings. The minimum Gasteiger partial charge on any atom is -0.298 e. The van der Waals surface area contributed by atoms with Gasteiger partial charge in [-0.15, -0.1) is 0 Å². The van der Waals surface area contributed by atoms with Crippen LogP contribution in [0.5, 0.6) is 0 Å². The van der Waals surface area contributed by atoms with E-state index in [0.29, 0.717) is 18.3 Å². The van der Waals surface area contributed by atoms with Crippen molar-refractivity contribution in [1.29, 1.82) is 0 Å². The predicted octanol–water partition coefficient (Wildman–Crippen LogP) is 5.36. The summed E-state index contributed by atoms with van der Waals surface area (Å²) in [6.07, 6.45) is -3.96. The van der Waals surface area contributed by atoms with Crippen LogP contribution in [0.15, 0.2) is 71.6 Å². The normalized spacial score (nSPS) is 16.1. The Morgan fingerprint density at radius 1 is 1.03 bits per heavy atom. The zero-order valence-electron chi connectivity index (χ0n) is 17.1. The lowest BCUT2D eigenvalue weighted by atomic mass is 9.89. The lowest BCUT2D eigenvalue weighted by Crippen LogP contribution is -2.30. The van der Waals surface area contributed by atoms with Gasteiger partial charge in [-0.3, -0.25) is 9.10 Å². The summed E-state index contributed by atoms with van der Waals surface area (Å²) < 4.78 is 68.4. The van der Waals surface area contributed by atoms with Gasteiger partial charge in [0.2, 0.25) is 0 Å². The SMILES string of the molecule is Cc1ccc(S(=O)(=O)N2CC(Cc3ccccc3)c3c(C=O)cc(C(F)(F)F)cc32)cc1. The fourth-order valence-corrected chi connectivity index (χ4v) is 5.61. The Kier molecular flexibility index (Phi) is 5.58. The van der Waals surface area contributed by atoms with Gasteiger partial charge in [0, 0.05) is 18.0 Å². The van der Waals surface area contributed by atoms with Crippen molar-refractivity contribution in [1.82, 2.24) is 0 Å². The van der Waals surface area contributed by atoms with Crippen LogP contribution in [0.3, 0.4) is 0 Å². The van der Waals surface area contributed by atoms with Crippen LogP contribution in [0.25, 0.3) is 0 Å². The standard InChI is InChI=1S/C24H20F3NO3S/c1-16-7-9-21(10-8-16)32(30,31)28-14-18(11-17-5-3-2-4-6-17)23-19(15-29)12-20(13-22(23)28)24(25,26)27/h2-10,12-13,15,18H,11,14H2,1H3. The molecule has 4 nitrogen and oxygen atoms in total. The number of carbonyl (C=O) groups is 1. The molecule has 1 unspecified atom stereocenters. The van der Waals surface area contributed by atoms with Crippen LogP contribution in [0.1, 0.15) is 38.5 Å². The maximum Gasteiger partial charge on any atom is 0.416 e. The Balaban J connectivity index is 1.88. The predicted molar refractivity (Wildman–Crippen MR) is 115 cm³/mol. The Labute approximate surface area is 184 Å². The van der Waals surface area contributed by atoms with Gasteiger partial charge >= 0.3 is 6.18 Å². The first-order valence-electron chi connectivity index (χ1n) is 9.95. The number of aryl methyl sites for hydroxylation is 1. The average molecular weight is 459 g/mol. The molecule has 0 N–H and O–H groups in total. The van der Waals surface area contributed by atoms with E-state index in [2.05, 4.69) is 0 Å². The summed E-state index contributed by atoms with van der Waals surface area (Å²) in [4.78, 5) is 11.8. The number of nitrogens with zero attached hydrogens (tertiary/aromatic N) is 1. The van der Waals surface area contributed by atoms with Gasteiger partial charge in [-0.25, -0.2) is 8.42 Å². The molecule has 32 heavy (non-hydrogen) atoms. The van der Waals surface area contributed by atoms with Gasteiger partial charge in [0.15, 0.2) is 0 Å². The summed E-state index contributed by atoms with van der Waals surface area (Å²) in [5.41, 5.74) is 0.793. The molecule has 1 atom stereocenters. The number of halogens is 3. The lowest BCUT2D eigenvalue weighted by Gasteiger charge is -2.21. The van der Waals surface area contributed by atoms with E-state index >= 15 is 0 Å². The summed E-state index contributed by atoms with van der Waals surface area (Å²) in [7, 11) is -4.13. The third-order valence-electron chi connectivity index (χ3n) is 5.64. The van der Waals surface area contributed by atoms with Crippen molar-refractivity contribution < 1.29 is 26.4 Å². The Morgan fingerprint density at radius 2 is 1.69 bits per heavy atom. The molecule has 0 amide bonds. The van der Waals surface area contributed by atoms with E-state index in [1.165, 1.54) is 12.1 Å². The highest BCUT2D eigenvalue weighted by molar-refractivity contribution is 7.92. The summed E-state index contributed by atoms with van der Waals surface area (Å²) in [5, 5.41) is 0. The van der Waals surface area contributed by atoms with Gasteiger partial charge in [-0.1, -0.05) is 48.0 Å². The topological polar surface area (TPSA) is 54.5 Å². The molecule has 0 aliphatic carbocycles. The highest BCUT2D eigenvalue weighted by Crippen LogP contribution is 2.45. The van der Waals surface area contributed by atoms with E-state index in [9.17, 15) is 26.4 Å². The number of sulfonamides is 1. The van der Waals surface area contributed by atoms with Crippen molar-refractivity contribution in [3.8, 4) is 0 Å². The largest absolute Gasteiger partial charge is 0.416 e. The zero-order chi connectivity index (χ0) is 23.1. The molecular weight excluding hydrogens is 439 g/mol. The molecule has 0 bridgehead atoms. The van der Waals surface area contributed by atoms with Crippen LogP contribution in [0.2, 0.25) is 0 Å². The number of aldehydes is 1. The second-order valence-electron chi connectivity index (χ2n) is 7.85. The van der Waals surface area contributed by atoms with Crippen molar-refractivity contribution in [2.24, 2.45) is 0 Å². The van der Waals surface area contributed by atoms with E-state index in [1.807, 2.05) is 37.3 Å². The first-order valence-corrected chi connectivity index (χ1v) is 11.4. The first kappa shape index (κ1) is 22.1. The number of hydrogen-bond acceptors (Lipinski definition) is 3. The van der Waals surface area contributed by atoms with Gasteiger partial charge in [0.05, 0.1) is 16.1 Å². The van der Waals surface area contributed by atoms with E-state index < -0.39 is 27.7 Å². The fourth-order valence-electron chi connectivity index (χ4n) is 4.09. The molecule has 3 aromatic rings. The number of anilines is 1. The van der Waals surface area contributed by atoms with Gasteiger partial charge in [-0.2, -0.15) is 13.2 Å². The molecule has 3 aromatic carbocycles. The number of fused-ring (bicyclic) bond motifs is 1. The number of benzene rings is 3. The first-order chi connectivity index (χ1) is 15.1. The van der Waals surface area contributed by atoms with Gasteiger partial charge in [-0.05, 0) is 48.7 Å². The molecule has 0 aromatic heterocycles. The summed E-state index contributed by atoms with van der Waals surface area (Å²) in [6.45, 7) is 1.76. The van der Waals surface area contributed by atoms with Crippen LogP contribution in [0.4, 0.5) is 18.9 Å². The van der Waals surface area contributed by atoms with E-state index in [0.717, 1.165) is 27.6 Å². The average Bonchev–Trinajstić information content (AvgIpc) is 3.13. The van der Waals surface area contributed by atoms with Crippen LogP contribution in [0, 0.1) is 6.92 Å². The highest BCUT2D eigenvalue weighted by atomic mass is 32.2. The van der Waals surface area contributed by atoms with Crippen LogP contribution >= 0.6 is 0 Å². The molecule has 0 radical (unpaired) electrons. The molecule has 0 saturated heterocycles. The van der Waals surface area contributed by atoms with E-state index in [4.69, 9.17) is 0 Å². The van der Waals surface area contributed by atoms with Gasteiger partial charge in [0.1, 0.15) is 6.29 Å². The van der Waals surface area contributed by atoms with Crippen molar-refractivity contribution in [2.45, 2.75) is 30.3 Å². The smallest absolute Gasteiger partial charge is 0.298 e. The second kappa shape index (κ2) is 8.09. The van der Waals surface area contributed by atoms with Gasteiger partial charge in [0.25, 0.3) is 10.0 Å². The molecule has 0 saturated carbocycles. The minimum absolute atomic E-state index is 0.0144. The third-order valence-corrected chi connectivity index (χ3v) is 7.44. The van der Waals surface area contributed by atoms with Crippen molar-refractivity contribution in [2.75, 3.05) is 10.8 Å². The van der Waals surface area contributed by atoms with Crippen LogP contribution < -0.4 is 4.31 Å². The molecule has 8 heteroatoms. The van der Waals surface area contributed by atoms with Crippen molar-refractivity contribution in [3.05, 3.63) is 94.5 Å². The molecule has 0 fully saturated rings. The van der Waals surface area contributed by atoms with E-state index in [1.54, 1.807) is 12.1 Å². The van der Waals surface area contributed by atoms with Crippen molar-refractivity contribution >= 4 is 22.0 Å². The summed E-state index contributed by atoms with van der Waals surface area (Å²) in [6, 6.07) is 17.0. The zero-order valence-corrected chi connectivity index (χ0v) is 18.0. The summed E-state index contributed by atoms with van der Waals surface area (Å²) >= 11 is 0. The molecule has 4 rings (SSSR count). The van der Waals surface area contributed by atoms with Crippen LogP contribution in [-0.2, 0) is 22.6 Å². The Hall–Kier alpha value is -3.13. The monoisotopic (exact) mass is 459 g/mol. The Bertz CT molecular complexity index is 1250. The van der Waals surface area contributed by atoms with Gasteiger partial charge < -0.3 is 0 Å². The number of alkyl halides is 3. The quantitative estimate of drug-likeness (QED) is 0.483. The van der Waals surface area contributed by atoms with Crippen molar-refractivity contribution in [3.63, 3.8) is 0 Å². The second-order valence-corrected chi connectivity index (χ2v) is 9.71. The molecule has 1 heterocycles. The highest BCUT2D eigenvalue weighted by Gasteiger charge is 2.41. The molecular formula is C24H20F3NO3S. The third kappa shape index (κ3) is 4.02. The molecule has 0 spiro atoms. The maximum absolute atomic E-state index is 13.5. The number of carbonyl (C=O) groups excluding carboxylic acids is 1. The number of hydrogen-bond donors (Lipinski definition) is 0. The maximum atomic E-state index is 13.5. The fraction of sp³-hybridized carbons (Fsp3) is 0.208. The summed E-state index contributed by atoms with van der Waals surface area (Å²) in [5.74, 6) is -0.463. The molecule has 166 valence electrons. The van der Waals surface area contributed by atoms with E-state index in [-0.39, 0.29) is 22.7 Å². The minimum atomic E-state index is -4.72. The lowest BCUT2D eigenvalue weighted by molar-refractivity contribution is -0.137. The number of rotatable bonds is 5. The molecule has 1 aliphatic heterocycles. The van der Waals surface area contributed by atoms with Crippen LogP contribution in [-0.4, -0.2) is 21.2 Å². The Morgan fingerprint density at radius 3 is 2.28 bits per heavy atom.